The standard InChI is InChI=1S/C18H14O3S/c19-13-11-16(20)18(17(21)12-13)22(14-7-3-1-4-8-14)15-9-5-2-6-10-15/h1-12H,(H2-,19,20,21)/p+1. The molecule has 22 heavy (non-hydrogen) atoms. The minimum atomic E-state index is -0.657. The highest BCUT2D eigenvalue weighted by Crippen LogP contribution is 2.43. The second-order valence-corrected chi connectivity index (χ2v) is 6.71. The van der Waals surface area contributed by atoms with Crippen molar-refractivity contribution in [2.75, 3.05) is 0 Å². The van der Waals surface area contributed by atoms with Gasteiger partial charge in [0.15, 0.2) is 21.3 Å². The highest BCUT2D eigenvalue weighted by molar-refractivity contribution is 7.97. The number of rotatable bonds is 3. The molecule has 3 aromatic rings. The molecule has 0 saturated carbocycles. The Morgan fingerprint density at radius 2 is 1.00 bits per heavy atom. The minimum absolute atomic E-state index is 0.117. The van der Waals surface area contributed by atoms with E-state index in [0.717, 1.165) is 9.79 Å². The molecule has 0 bridgehead atoms. The topological polar surface area (TPSA) is 60.7 Å². The number of aromatic hydroxyl groups is 3. The van der Waals surface area contributed by atoms with Crippen LogP contribution >= 0.6 is 0 Å². The van der Waals surface area contributed by atoms with E-state index >= 15 is 0 Å². The lowest BCUT2D eigenvalue weighted by atomic mass is 10.3. The Bertz CT molecular complexity index is 710. The van der Waals surface area contributed by atoms with Gasteiger partial charge in [-0.05, 0) is 24.3 Å². The molecule has 0 atom stereocenters. The molecule has 0 aliphatic heterocycles. The largest absolute Gasteiger partial charge is 0.508 e. The van der Waals surface area contributed by atoms with Crippen LogP contribution < -0.4 is 0 Å². The number of benzene rings is 3. The molecule has 0 heterocycles. The maximum Gasteiger partial charge on any atom is 0.249 e. The van der Waals surface area contributed by atoms with Crippen molar-refractivity contribution in [2.24, 2.45) is 0 Å². The summed E-state index contributed by atoms with van der Waals surface area (Å²) in [6.45, 7) is 0. The fourth-order valence-corrected chi connectivity index (χ4v) is 4.42. The first-order chi connectivity index (χ1) is 10.7. The minimum Gasteiger partial charge on any atom is -0.508 e. The monoisotopic (exact) mass is 311 g/mol. The number of hydrogen-bond donors (Lipinski definition) is 3. The van der Waals surface area contributed by atoms with Crippen molar-refractivity contribution >= 4 is 10.9 Å². The van der Waals surface area contributed by atoms with Crippen molar-refractivity contribution in [3.63, 3.8) is 0 Å². The van der Waals surface area contributed by atoms with Gasteiger partial charge in [-0.3, -0.25) is 0 Å². The van der Waals surface area contributed by atoms with Gasteiger partial charge < -0.3 is 15.3 Å². The molecule has 0 radical (unpaired) electrons. The van der Waals surface area contributed by atoms with Crippen LogP contribution in [0, 0.1) is 0 Å². The summed E-state index contributed by atoms with van der Waals surface area (Å²) >= 11 is 0. The molecule has 3 aromatic carbocycles. The maximum atomic E-state index is 10.3. The Morgan fingerprint density at radius 3 is 1.41 bits per heavy atom. The summed E-state index contributed by atoms with van der Waals surface area (Å²) in [7, 11) is -0.657. The fourth-order valence-electron chi connectivity index (χ4n) is 2.28. The lowest BCUT2D eigenvalue weighted by Gasteiger charge is -2.11. The van der Waals surface area contributed by atoms with Gasteiger partial charge >= 0.3 is 0 Å². The molecule has 0 aromatic heterocycles. The zero-order valence-corrected chi connectivity index (χ0v) is 12.5. The van der Waals surface area contributed by atoms with E-state index in [1.165, 1.54) is 12.1 Å². The summed E-state index contributed by atoms with van der Waals surface area (Å²) in [5.41, 5.74) is 0. The molecule has 3 N–H and O–H groups in total. The predicted octanol–water partition coefficient (Wildman–Crippen LogP) is 3.90. The second kappa shape index (κ2) is 6.03. The third-order valence-corrected chi connectivity index (χ3v) is 5.51. The molecule has 0 unspecified atom stereocenters. The van der Waals surface area contributed by atoms with E-state index in [1.54, 1.807) is 0 Å². The molecule has 0 fully saturated rings. The summed E-state index contributed by atoms with van der Waals surface area (Å²) in [6.07, 6.45) is 0. The summed E-state index contributed by atoms with van der Waals surface area (Å²) < 4.78 is 0. The van der Waals surface area contributed by atoms with Gasteiger partial charge in [0.1, 0.15) is 16.6 Å². The van der Waals surface area contributed by atoms with Crippen LogP contribution in [-0.2, 0) is 10.9 Å². The SMILES string of the molecule is Oc1cc(O)c([S+](c2ccccc2)c2ccccc2)c(O)c1. The number of hydrogen-bond acceptors (Lipinski definition) is 3. The molecule has 3 nitrogen and oxygen atoms in total. The lowest BCUT2D eigenvalue weighted by molar-refractivity contribution is 0.410. The van der Waals surface area contributed by atoms with Crippen LogP contribution in [0.5, 0.6) is 17.2 Å². The molecule has 0 amide bonds. The highest BCUT2D eigenvalue weighted by Gasteiger charge is 2.35. The van der Waals surface area contributed by atoms with E-state index in [9.17, 15) is 15.3 Å². The quantitative estimate of drug-likeness (QED) is 0.643. The van der Waals surface area contributed by atoms with E-state index < -0.39 is 10.9 Å². The predicted molar refractivity (Wildman–Crippen MR) is 86.5 cm³/mol. The van der Waals surface area contributed by atoms with Crippen LogP contribution in [0.4, 0.5) is 0 Å². The average Bonchev–Trinajstić information content (AvgIpc) is 2.52. The van der Waals surface area contributed by atoms with Gasteiger partial charge in [0.05, 0.1) is 0 Å². The van der Waals surface area contributed by atoms with Gasteiger partial charge in [-0.1, -0.05) is 36.4 Å². The second-order valence-electron chi connectivity index (χ2n) is 4.75. The molecule has 0 spiro atoms. The van der Waals surface area contributed by atoms with Crippen molar-refractivity contribution < 1.29 is 15.3 Å². The molecule has 0 saturated heterocycles. The third kappa shape index (κ3) is 2.73. The summed E-state index contributed by atoms with van der Waals surface area (Å²) in [4.78, 5) is 2.37. The van der Waals surface area contributed by atoms with Crippen molar-refractivity contribution in [1.29, 1.82) is 0 Å². The molecule has 110 valence electrons. The van der Waals surface area contributed by atoms with Crippen LogP contribution in [0.15, 0.2) is 87.5 Å². The van der Waals surface area contributed by atoms with Gasteiger partial charge in [0.2, 0.25) is 4.90 Å². The zero-order chi connectivity index (χ0) is 15.5. The van der Waals surface area contributed by atoms with Crippen molar-refractivity contribution in [1.82, 2.24) is 0 Å². The summed E-state index contributed by atoms with van der Waals surface area (Å²) in [5, 5.41) is 30.0. The van der Waals surface area contributed by atoms with E-state index in [0.29, 0.717) is 4.90 Å². The molecular formula is C18H15O3S+. The smallest absolute Gasteiger partial charge is 0.249 e. The Kier molecular flexibility index (Phi) is 3.94. The summed E-state index contributed by atoms with van der Waals surface area (Å²) in [5.74, 6) is -0.398. The van der Waals surface area contributed by atoms with Gasteiger partial charge in [-0.2, -0.15) is 0 Å². The van der Waals surface area contributed by atoms with E-state index in [-0.39, 0.29) is 17.2 Å². The number of phenols is 3. The highest BCUT2D eigenvalue weighted by atomic mass is 32.2. The maximum absolute atomic E-state index is 10.3. The van der Waals surface area contributed by atoms with Crippen LogP contribution in [0.3, 0.4) is 0 Å². The van der Waals surface area contributed by atoms with E-state index in [4.69, 9.17) is 0 Å². The Morgan fingerprint density at radius 1 is 0.591 bits per heavy atom. The van der Waals surface area contributed by atoms with Crippen molar-refractivity contribution in [2.45, 2.75) is 14.7 Å². The first-order valence-electron chi connectivity index (χ1n) is 6.76. The first kappa shape index (κ1) is 14.4. The van der Waals surface area contributed by atoms with Crippen molar-refractivity contribution in [3.05, 3.63) is 72.8 Å². The van der Waals surface area contributed by atoms with Gasteiger partial charge in [0, 0.05) is 12.1 Å². The van der Waals surface area contributed by atoms with Gasteiger partial charge in [0.25, 0.3) is 0 Å². The van der Waals surface area contributed by atoms with E-state index in [1.807, 2.05) is 60.7 Å². The van der Waals surface area contributed by atoms with Crippen LogP contribution in [0.2, 0.25) is 0 Å². The molecule has 3 rings (SSSR count). The molecule has 4 heteroatoms. The zero-order valence-electron chi connectivity index (χ0n) is 11.7. The van der Waals surface area contributed by atoms with Crippen LogP contribution in [-0.4, -0.2) is 15.3 Å². The molecular weight excluding hydrogens is 296 g/mol. The Balaban J connectivity index is 2.24. The molecule has 0 aliphatic carbocycles. The number of phenolic OH excluding ortho intramolecular Hbond substituents is 3. The van der Waals surface area contributed by atoms with Crippen molar-refractivity contribution in [3.8, 4) is 17.2 Å². The van der Waals surface area contributed by atoms with Crippen LogP contribution in [0.1, 0.15) is 0 Å². The average molecular weight is 311 g/mol. The first-order valence-corrected chi connectivity index (χ1v) is 7.98. The lowest BCUT2D eigenvalue weighted by Crippen LogP contribution is -2.05. The third-order valence-electron chi connectivity index (χ3n) is 3.20. The van der Waals surface area contributed by atoms with Gasteiger partial charge in [-0.25, -0.2) is 0 Å². The normalized spacial score (nSPS) is 10.8. The Hall–Kier alpha value is -2.59. The van der Waals surface area contributed by atoms with Crippen LogP contribution in [0.25, 0.3) is 0 Å². The summed E-state index contributed by atoms with van der Waals surface area (Å²) in [6, 6.07) is 21.9. The van der Waals surface area contributed by atoms with Gasteiger partial charge in [-0.15, -0.1) is 0 Å². The Labute approximate surface area is 131 Å². The van der Waals surface area contributed by atoms with E-state index in [2.05, 4.69) is 0 Å². The fraction of sp³-hybridized carbons (Fsp3) is 0. The molecule has 0 aliphatic rings.